The number of halogens is 1. The van der Waals surface area contributed by atoms with Crippen molar-refractivity contribution >= 4 is 22.6 Å². The van der Waals surface area contributed by atoms with Crippen LogP contribution in [0.3, 0.4) is 0 Å². The standard InChI is InChI=1S/C15H22IN/c1-15(2)8-3-10-17(11-9-15)12-13-4-6-14(16)7-5-13/h4-7H,3,8-12H2,1-2H3. The molecule has 0 saturated carbocycles. The van der Waals surface area contributed by atoms with E-state index < -0.39 is 0 Å². The monoisotopic (exact) mass is 343 g/mol. The Bertz CT molecular complexity index is 356. The van der Waals surface area contributed by atoms with Gasteiger partial charge in [-0.25, -0.2) is 0 Å². The first-order valence-electron chi connectivity index (χ1n) is 6.52. The average molecular weight is 343 g/mol. The van der Waals surface area contributed by atoms with E-state index in [0.717, 1.165) is 6.54 Å². The van der Waals surface area contributed by atoms with Crippen molar-refractivity contribution in [1.82, 2.24) is 4.90 Å². The van der Waals surface area contributed by atoms with Crippen molar-refractivity contribution in [3.05, 3.63) is 33.4 Å². The van der Waals surface area contributed by atoms with Crippen LogP contribution in [0.4, 0.5) is 0 Å². The Labute approximate surface area is 119 Å². The highest BCUT2D eigenvalue weighted by atomic mass is 127. The maximum atomic E-state index is 2.61. The summed E-state index contributed by atoms with van der Waals surface area (Å²) in [6.45, 7) is 8.43. The third-order valence-corrected chi connectivity index (χ3v) is 4.47. The molecule has 0 unspecified atom stereocenters. The van der Waals surface area contributed by atoms with Gasteiger partial charge in [0.15, 0.2) is 0 Å². The highest BCUT2D eigenvalue weighted by Crippen LogP contribution is 2.30. The second kappa shape index (κ2) is 5.70. The van der Waals surface area contributed by atoms with E-state index in [1.54, 1.807) is 0 Å². The highest BCUT2D eigenvalue weighted by molar-refractivity contribution is 14.1. The van der Waals surface area contributed by atoms with Gasteiger partial charge in [0.05, 0.1) is 0 Å². The molecule has 0 atom stereocenters. The molecule has 2 rings (SSSR count). The number of likely N-dealkylation sites (tertiary alicyclic amines) is 1. The van der Waals surface area contributed by atoms with Crippen LogP contribution in [0.15, 0.2) is 24.3 Å². The molecule has 0 bridgehead atoms. The molecule has 0 aliphatic carbocycles. The first kappa shape index (κ1) is 13.3. The van der Waals surface area contributed by atoms with Crippen molar-refractivity contribution in [2.75, 3.05) is 13.1 Å². The fourth-order valence-electron chi connectivity index (χ4n) is 2.48. The second-order valence-electron chi connectivity index (χ2n) is 5.92. The molecule has 2 heteroatoms. The van der Waals surface area contributed by atoms with Crippen LogP contribution in [-0.2, 0) is 6.54 Å². The van der Waals surface area contributed by atoms with Crippen molar-refractivity contribution in [3.63, 3.8) is 0 Å². The van der Waals surface area contributed by atoms with E-state index in [1.165, 1.54) is 41.5 Å². The minimum Gasteiger partial charge on any atom is -0.299 e. The second-order valence-corrected chi connectivity index (χ2v) is 7.17. The van der Waals surface area contributed by atoms with Gasteiger partial charge in [0, 0.05) is 10.1 Å². The van der Waals surface area contributed by atoms with E-state index in [2.05, 4.69) is 65.6 Å². The molecule has 0 radical (unpaired) electrons. The van der Waals surface area contributed by atoms with Gasteiger partial charge < -0.3 is 0 Å². The van der Waals surface area contributed by atoms with Crippen molar-refractivity contribution < 1.29 is 0 Å². The van der Waals surface area contributed by atoms with Gasteiger partial charge in [-0.1, -0.05) is 26.0 Å². The first-order chi connectivity index (χ1) is 8.05. The third-order valence-electron chi connectivity index (χ3n) is 3.75. The lowest BCUT2D eigenvalue weighted by molar-refractivity contribution is 0.256. The zero-order chi connectivity index (χ0) is 12.3. The predicted molar refractivity (Wildman–Crippen MR) is 82.1 cm³/mol. The maximum absolute atomic E-state index is 2.61. The fraction of sp³-hybridized carbons (Fsp3) is 0.600. The van der Waals surface area contributed by atoms with Crippen LogP contribution >= 0.6 is 22.6 Å². The lowest BCUT2D eigenvalue weighted by atomic mass is 9.85. The normalized spacial score (nSPS) is 21.1. The van der Waals surface area contributed by atoms with Crippen LogP contribution in [0, 0.1) is 8.99 Å². The number of benzene rings is 1. The first-order valence-corrected chi connectivity index (χ1v) is 7.60. The molecule has 1 nitrogen and oxygen atoms in total. The molecule has 1 heterocycles. The summed E-state index contributed by atoms with van der Waals surface area (Å²) < 4.78 is 1.32. The molecular weight excluding hydrogens is 321 g/mol. The summed E-state index contributed by atoms with van der Waals surface area (Å²) in [6.07, 6.45) is 4.05. The van der Waals surface area contributed by atoms with Crippen LogP contribution in [0.1, 0.15) is 38.7 Å². The van der Waals surface area contributed by atoms with Gasteiger partial charge in [-0.3, -0.25) is 4.90 Å². The lowest BCUT2D eigenvalue weighted by Crippen LogP contribution is -2.25. The number of rotatable bonds is 2. The molecule has 1 aromatic rings. The Kier molecular flexibility index (Phi) is 4.47. The summed E-state index contributed by atoms with van der Waals surface area (Å²) in [6, 6.07) is 8.94. The molecule has 1 saturated heterocycles. The molecule has 1 aliphatic rings. The SMILES string of the molecule is CC1(C)CCCN(Cc2ccc(I)cc2)CC1. The topological polar surface area (TPSA) is 3.24 Å². The Morgan fingerprint density at radius 3 is 2.53 bits per heavy atom. The summed E-state index contributed by atoms with van der Waals surface area (Å²) in [4.78, 5) is 2.61. The molecule has 17 heavy (non-hydrogen) atoms. The smallest absolute Gasteiger partial charge is 0.0233 e. The molecular formula is C15H22IN. The van der Waals surface area contributed by atoms with Crippen molar-refractivity contribution in [1.29, 1.82) is 0 Å². The van der Waals surface area contributed by atoms with Crippen LogP contribution in [0.2, 0.25) is 0 Å². The summed E-state index contributed by atoms with van der Waals surface area (Å²) >= 11 is 2.36. The van der Waals surface area contributed by atoms with Gasteiger partial charge in [-0.15, -0.1) is 0 Å². The van der Waals surface area contributed by atoms with Crippen molar-refractivity contribution in [3.8, 4) is 0 Å². The number of hydrogen-bond donors (Lipinski definition) is 0. The molecule has 1 aromatic carbocycles. The van der Waals surface area contributed by atoms with Crippen LogP contribution in [0.25, 0.3) is 0 Å². The lowest BCUT2D eigenvalue weighted by Gasteiger charge is -2.23. The summed E-state index contributed by atoms with van der Waals surface area (Å²) in [7, 11) is 0. The van der Waals surface area contributed by atoms with E-state index >= 15 is 0 Å². The Hall–Kier alpha value is -0.0900. The number of nitrogens with zero attached hydrogens (tertiary/aromatic N) is 1. The van der Waals surface area contributed by atoms with Crippen LogP contribution in [-0.4, -0.2) is 18.0 Å². The van der Waals surface area contributed by atoms with Gasteiger partial charge in [0.2, 0.25) is 0 Å². The van der Waals surface area contributed by atoms with E-state index in [1.807, 2.05) is 0 Å². The summed E-state index contributed by atoms with van der Waals surface area (Å²) in [5.74, 6) is 0. The molecule has 0 N–H and O–H groups in total. The Morgan fingerprint density at radius 1 is 1.12 bits per heavy atom. The minimum absolute atomic E-state index is 0.542. The highest BCUT2D eigenvalue weighted by Gasteiger charge is 2.22. The van der Waals surface area contributed by atoms with E-state index in [-0.39, 0.29) is 0 Å². The van der Waals surface area contributed by atoms with Gasteiger partial charge >= 0.3 is 0 Å². The van der Waals surface area contributed by atoms with E-state index in [0.29, 0.717) is 5.41 Å². The Morgan fingerprint density at radius 2 is 1.82 bits per heavy atom. The fourth-order valence-corrected chi connectivity index (χ4v) is 2.84. The van der Waals surface area contributed by atoms with Crippen molar-refractivity contribution in [2.45, 2.75) is 39.7 Å². The van der Waals surface area contributed by atoms with E-state index in [4.69, 9.17) is 0 Å². The maximum Gasteiger partial charge on any atom is 0.0233 e. The predicted octanol–water partition coefficient (Wildman–Crippen LogP) is 4.30. The largest absolute Gasteiger partial charge is 0.299 e. The molecule has 0 amide bonds. The molecule has 0 aromatic heterocycles. The quantitative estimate of drug-likeness (QED) is 0.724. The van der Waals surface area contributed by atoms with Crippen LogP contribution < -0.4 is 0 Å². The van der Waals surface area contributed by atoms with E-state index in [9.17, 15) is 0 Å². The van der Waals surface area contributed by atoms with Gasteiger partial charge in [-0.05, 0) is 78.1 Å². The summed E-state index contributed by atoms with van der Waals surface area (Å²) in [5, 5.41) is 0. The van der Waals surface area contributed by atoms with Crippen LogP contribution in [0.5, 0.6) is 0 Å². The third kappa shape index (κ3) is 4.25. The molecule has 1 aliphatic heterocycles. The molecule has 1 fully saturated rings. The van der Waals surface area contributed by atoms with Crippen molar-refractivity contribution in [2.24, 2.45) is 5.41 Å². The van der Waals surface area contributed by atoms with Gasteiger partial charge in [0.25, 0.3) is 0 Å². The van der Waals surface area contributed by atoms with Gasteiger partial charge in [-0.2, -0.15) is 0 Å². The number of hydrogen-bond acceptors (Lipinski definition) is 1. The zero-order valence-electron chi connectivity index (χ0n) is 10.9. The average Bonchev–Trinajstić information content (AvgIpc) is 2.44. The zero-order valence-corrected chi connectivity index (χ0v) is 13.0. The Balaban J connectivity index is 1.93. The minimum atomic E-state index is 0.542. The summed E-state index contributed by atoms with van der Waals surface area (Å²) in [5.41, 5.74) is 1.99. The van der Waals surface area contributed by atoms with Gasteiger partial charge in [0.1, 0.15) is 0 Å². The molecule has 94 valence electrons. The molecule has 0 spiro atoms.